The first-order valence-electron chi connectivity index (χ1n) is 6.39. The number of hydrogen-bond donors (Lipinski definition) is 1. The zero-order valence-electron chi connectivity index (χ0n) is 11.6. The topological polar surface area (TPSA) is 103 Å². The monoisotopic (exact) mass is 338 g/mol. The third-order valence-corrected chi connectivity index (χ3v) is 5.23. The van der Waals surface area contributed by atoms with E-state index in [1.165, 1.54) is 17.5 Å². The molecule has 0 bridgehead atoms. The van der Waals surface area contributed by atoms with Crippen LogP contribution < -0.4 is 5.73 Å². The van der Waals surface area contributed by atoms with Gasteiger partial charge in [0.1, 0.15) is 6.26 Å². The van der Waals surface area contributed by atoms with Gasteiger partial charge in [0.05, 0.1) is 12.7 Å². The number of methoxy groups -OCH3 is 1. The largest absolute Gasteiger partial charge is 0.465 e. The van der Waals surface area contributed by atoms with E-state index in [0.717, 1.165) is 25.5 Å². The van der Waals surface area contributed by atoms with Gasteiger partial charge in [0, 0.05) is 25.2 Å². The van der Waals surface area contributed by atoms with Crippen LogP contribution in [0.3, 0.4) is 0 Å². The summed E-state index contributed by atoms with van der Waals surface area (Å²) in [5.41, 5.74) is 5.71. The Labute approximate surface area is 129 Å². The molecule has 2 heterocycles. The highest BCUT2D eigenvalue weighted by molar-refractivity contribution is 7.89. The van der Waals surface area contributed by atoms with Crippen LogP contribution in [0.5, 0.6) is 0 Å². The van der Waals surface area contributed by atoms with E-state index in [4.69, 9.17) is 10.2 Å². The number of furan rings is 1. The van der Waals surface area contributed by atoms with Crippen molar-refractivity contribution < 1.29 is 22.4 Å². The van der Waals surface area contributed by atoms with Crippen molar-refractivity contribution in [3.63, 3.8) is 0 Å². The number of esters is 1. The van der Waals surface area contributed by atoms with Crippen molar-refractivity contribution in [3.8, 4) is 0 Å². The second-order valence-electron chi connectivity index (χ2n) is 4.65. The van der Waals surface area contributed by atoms with Gasteiger partial charge >= 0.3 is 5.97 Å². The minimum absolute atomic E-state index is 0. The van der Waals surface area contributed by atoms with E-state index in [1.54, 1.807) is 0 Å². The Morgan fingerprint density at radius 1 is 1.52 bits per heavy atom. The van der Waals surface area contributed by atoms with Crippen LogP contribution in [0.2, 0.25) is 0 Å². The molecule has 1 aromatic rings. The molecule has 9 heteroatoms. The summed E-state index contributed by atoms with van der Waals surface area (Å²) in [6, 6.07) is 0.962. The third kappa shape index (κ3) is 3.57. The fourth-order valence-electron chi connectivity index (χ4n) is 2.32. The fourth-order valence-corrected chi connectivity index (χ4v) is 3.95. The third-order valence-electron chi connectivity index (χ3n) is 3.40. The number of carbonyl (C=O) groups excluding carboxylic acids is 1. The number of piperidine rings is 1. The van der Waals surface area contributed by atoms with Gasteiger partial charge < -0.3 is 14.9 Å². The average Bonchev–Trinajstić information content (AvgIpc) is 2.97. The van der Waals surface area contributed by atoms with Crippen LogP contribution >= 0.6 is 12.4 Å². The molecule has 0 spiro atoms. The van der Waals surface area contributed by atoms with E-state index in [0.29, 0.717) is 6.54 Å². The summed E-state index contributed by atoms with van der Waals surface area (Å²) < 4.78 is 35.9. The van der Waals surface area contributed by atoms with Crippen molar-refractivity contribution in [2.45, 2.75) is 30.4 Å². The molecule has 1 aromatic heterocycles. The number of nitrogens with zero attached hydrogens (tertiary/aromatic N) is 1. The first kappa shape index (κ1) is 18.0. The Balaban J connectivity index is 0.00000220. The van der Waals surface area contributed by atoms with Crippen molar-refractivity contribution in [1.82, 2.24) is 4.31 Å². The molecule has 2 rings (SSSR count). The van der Waals surface area contributed by atoms with E-state index in [-0.39, 0.29) is 35.6 Å². The molecule has 0 aromatic carbocycles. The van der Waals surface area contributed by atoms with Crippen molar-refractivity contribution in [2.24, 2.45) is 5.73 Å². The lowest BCUT2D eigenvalue weighted by Crippen LogP contribution is -2.47. The molecular weight excluding hydrogens is 320 g/mol. The van der Waals surface area contributed by atoms with Gasteiger partial charge in [0.2, 0.25) is 5.09 Å². The number of sulfonamides is 1. The van der Waals surface area contributed by atoms with Gasteiger partial charge in [0.15, 0.2) is 0 Å². The first-order chi connectivity index (χ1) is 9.50. The number of hydrogen-bond acceptors (Lipinski definition) is 6. The molecule has 1 aliphatic heterocycles. The maximum absolute atomic E-state index is 12.5. The summed E-state index contributed by atoms with van der Waals surface area (Å²) in [6.07, 6.45) is 3.57. The van der Waals surface area contributed by atoms with Crippen LogP contribution in [-0.2, 0) is 14.8 Å². The zero-order chi connectivity index (χ0) is 14.8. The zero-order valence-corrected chi connectivity index (χ0v) is 13.3. The summed E-state index contributed by atoms with van der Waals surface area (Å²) in [5, 5.41) is -0.252. The van der Waals surface area contributed by atoms with Gasteiger partial charge in [-0.3, -0.25) is 0 Å². The molecule has 0 amide bonds. The molecule has 0 radical (unpaired) electrons. The number of rotatable bonds is 4. The van der Waals surface area contributed by atoms with Crippen LogP contribution in [0.15, 0.2) is 21.8 Å². The summed E-state index contributed by atoms with van der Waals surface area (Å²) >= 11 is 0. The summed E-state index contributed by atoms with van der Waals surface area (Å²) in [4.78, 5) is 11.3. The van der Waals surface area contributed by atoms with E-state index in [9.17, 15) is 13.2 Å². The molecule has 120 valence electrons. The van der Waals surface area contributed by atoms with Gasteiger partial charge in [-0.2, -0.15) is 4.31 Å². The molecule has 1 aliphatic rings. The quantitative estimate of drug-likeness (QED) is 0.821. The second kappa shape index (κ2) is 7.26. The van der Waals surface area contributed by atoms with Crippen LogP contribution in [0.25, 0.3) is 0 Å². The van der Waals surface area contributed by atoms with Crippen LogP contribution in [0.4, 0.5) is 0 Å². The summed E-state index contributed by atoms with van der Waals surface area (Å²) in [5.74, 6) is -0.635. The first-order valence-corrected chi connectivity index (χ1v) is 7.83. The minimum Gasteiger partial charge on any atom is -0.465 e. The highest BCUT2D eigenvalue weighted by Crippen LogP contribution is 2.26. The van der Waals surface area contributed by atoms with Crippen molar-refractivity contribution in [2.75, 3.05) is 20.2 Å². The average molecular weight is 339 g/mol. The molecular formula is C12H19ClN2O5S. The normalized spacial score (nSPS) is 19.8. The van der Waals surface area contributed by atoms with Gasteiger partial charge in [-0.1, -0.05) is 6.42 Å². The van der Waals surface area contributed by atoms with Crippen molar-refractivity contribution >= 4 is 28.4 Å². The minimum atomic E-state index is -3.77. The smallest absolute Gasteiger partial charge is 0.341 e. The van der Waals surface area contributed by atoms with Gasteiger partial charge in [-0.25, -0.2) is 13.2 Å². The van der Waals surface area contributed by atoms with E-state index >= 15 is 0 Å². The molecule has 7 nitrogen and oxygen atoms in total. The molecule has 1 fully saturated rings. The number of ether oxygens (including phenoxy) is 1. The molecule has 1 unspecified atom stereocenters. The van der Waals surface area contributed by atoms with Crippen molar-refractivity contribution in [1.29, 1.82) is 0 Å². The maximum atomic E-state index is 12.5. The van der Waals surface area contributed by atoms with Crippen molar-refractivity contribution in [3.05, 3.63) is 17.9 Å². The SMILES string of the molecule is COC(=O)c1coc(S(=O)(=O)N2CCCCC2CN)c1.Cl. The van der Waals surface area contributed by atoms with E-state index in [2.05, 4.69) is 4.74 Å². The number of halogens is 1. The lowest BCUT2D eigenvalue weighted by molar-refractivity contribution is 0.0600. The summed E-state index contributed by atoms with van der Waals surface area (Å²) in [7, 11) is -2.54. The highest BCUT2D eigenvalue weighted by Gasteiger charge is 2.35. The predicted octanol–water partition coefficient (Wildman–Crippen LogP) is 0.990. The predicted molar refractivity (Wildman–Crippen MR) is 77.9 cm³/mol. The van der Waals surface area contributed by atoms with Gasteiger partial charge in [-0.15, -0.1) is 12.4 Å². The number of nitrogens with two attached hydrogens (primary N) is 1. The molecule has 0 aliphatic carbocycles. The highest BCUT2D eigenvalue weighted by atomic mass is 35.5. The van der Waals surface area contributed by atoms with Gasteiger partial charge in [-0.05, 0) is 12.8 Å². The van der Waals surface area contributed by atoms with E-state index < -0.39 is 16.0 Å². The molecule has 1 saturated heterocycles. The van der Waals surface area contributed by atoms with Crippen LogP contribution in [0, 0.1) is 0 Å². The lowest BCUT2D eigenvalue weighted by Gasteiger charge is -2.32. The van der Waals surface area contributed by atoms with Gasteiger partial charge in [0.25, 0.3) is 10.0 Å². The lowest BCUT2D eigenvalue weighted by atomic mass is 10.1. The molecule has 1 atom stereocenters. The Kier molecular flexibility index (Phi) is 6.21. The molecule has 21 heavy (non-hydrogen) atoms. The Morgan fingerprint density at radius 3 is 2.86 bits per heavy atom. The second-order valence-corrected chi connectivity index (χ2v) is 6.47. The maximum Gasteiger partial charge on any atom is 0.341 e. The number of carbonyl (C=O) groups is 1. The standard InChI is InChI=1S/C12H18N2O5S.ClH/c1-18-12(15)9-6-11(19-8-9)20(16,17)14-5-3-2-4-10(14)7-13;/h6,8,10H,2-5,7,13H2,1H3;1H. The summed E-state index contributed by atoms with van der Waals surface area (Å²) in [6.45, 7) is 0.683. The van der Waals surface area contributed by atoms with Crippen LogP contribution in [-0.4, -0.2) is 44.9 Å². The molecule has 0 saturated carbocycles. The molecule has 2 N–H and O–H groups in total. The van der Waals surface area contributed by atoms with Crippen LogP contribution in [0.1, 0.15) is 29.6 Å². The fraction of sp³-hybridized carbons (Fsp3) is 0.583. The Bertz CT molecular complexity index is 586. The van der Waals surface area contributed by atoms with E-state index in [1.807, 2.05) is 0 Å². The Morgan fingerprint density at radius 2 is 2.24 bits per heavy atom. The Hall–Kier alpha value is -1.09.